The SMILES string of the molecule is CCCCO[P@@](=O)(c1ccc(N(C)C)cc1)[C@@H](O)c1ccc(OC)c(OC)c1. The van der Waals surface area contributed by atoms with Gasteiger partial charge in [0.1, 0.15) is 0 Å². The molecule has 0 radical (unpaired) electrons. The lowest BCUT2D eigenvalue weighted by molar-refractivity contribution is 0.212. The van der Waals surface area contributed by atoms with Gasteiger partial charge in [0.2, 0.25) is 0 Å². The third-order valence-corrected chi connectivity index (χ3v) is 7.06. The van der Waals surface area contributed by atoms with Crippen LogP contribution in [0.5, 0.6) is 11.5 Å². The van der Waals surface area contributed by atoms with E-state index in [4.69, 9.17) is 14.0 Å². The molecule has 0 bridgehead atoms. The molecule has 6 nitrogen and oxygen atoms in total. The van der Waals surface area contributed by atoms with Crippen molar-refractivity contribution < 1.29 is 23.7 Å². The zero-order chi connectivity index (χ0) is 20.7. The number of benzene rings is 2. The standard InChI is InChI=1S/C21H30NO5P/c1-6-7-14-27-28(24,18-11-9-17(10-12-18)22(2)3)21(23)16-8-13-19(25-4)20(15-16)26-5/h8-13,15,21,23H,6-7,14H2,1-5H3/t21-,28+/m1/s1. The van der Waals surface area contributed by atoms with E-state index in [-0.39, 0.29) is 0 Å². The molecule has 2 aromatic carbocycles. The lowest BCUT2D eigenvalue weighted by Gasteiger charge is -2.25. The largest absolute Gasteiger partial charge is 0.493 e. The van der Waals surface area contributed by atoms with E-state index in [0.29, 0.717) is 29.0 Å². The molecule has 0 saturated carbocycles. The molecule has 0 saturated heterocycles. The number of hydrogen-bond acceptors (Lipinski definition) is 6. The number of anilines is 1. The smallest absolute Gasteiger partial charge is 0.264 e. The number of nitrogens with zero attached hydrogens (tertiary/aromatic N) is 1. The van der Waals surface area contributed by atoms with Gasteiger partial charge in [-0.1, -0.05) is 19.4 Å². The van der Waals surface area contributed by atoms with E-state index in [0.717, 1.165) is 18.5 Å². The minimum Gasteiger partial charge on any atom is -0.493 e. The first-order chi connectivity index (χ1) is 13.4. The predicted octanol–water partition coefficient (Wildman–Crippen LogP) is 4.18. The summed E-state index contributed by atoms with van der Waals surface area (Å²) in [5.41, 5.74) is 1.43. The van der Waals surface area contributed by atoms with Crippen LogP contribution in [0.25, 0.3) is 0 Å². The van der Waals surface area contributed by atoms with Gasteiger partial charge in [0.05, 0.1) is 20.8 Å². The maximum atomic E-state index is 13.9. The molecule has 7 heteroatoms. The Labute approximate surface area is 167 Å². The normalized spacial score (nSPS) is 14.2. The summed E-state index contributed by atoms with van der Waals surface area (Å²) in [7, 11) is 3.35. The number of methoxy groups -OCH3 is 2. The Bertz CT molecular complexity index is 807. The summed E-state index contributed by atoms with van der Waals surface area (Å²) in [6, 6.07) is 12.2. The number of ether oxygens (including phenoxy) is 2. The second kappa shape index (κ2) is 9.97. The summed E-state index contributed by atoms with van der Waals surface area (Å²) in [4.78, 5) is 1.96. The van der Waals surface area contributed by atoms with Crippen molar-refractivity contribution in [1.29, 1.82) is 0 Å². The first-order valence-corrected chi connectivity index (χ1v) is 11.0. The van der Waals surface area contributed by atoms with Crippen LogP contribution in [0, 0.1) is 0 Å². The highest BCUT2D eigenvalue weighted by Gasteiger charge is 2.36. The summed E-state index contributed by atoms with van der Waals surface area (Å²) >= 11 is 0. The zero-order valence-electron chi connectivity index (χ0n) is 17.2. The quantitative estimate of drug-likeness (QED) is 0.471. The molecule has 154 valence electrons. The van der Waals surface area contributed by atoms with Crippen LogP contribution in [0.1, 0.15) is 31.2 Å². The molecule has 1 N–H and O–H groups in total. The summed E-state index contributed by atoms with van der Waals surface area (Å²) in [5.74, 6) is -0.313. The molecule has 0 unspecified atom stereocenters. The highest BCUT2D eigenvalue weighted by Crippen LogP contribution is 2.58. The van der Waals surface area contributed by atoms with Crippen LogP contribution in [0.2, 0.25) is 0 Å². The zero-order valence-corrected chi connectivity index (χ0v) is 18.1. The maximum Gasteiger partial charge on any atom is 0.264 e. The molecule has 2 rings (SSSR count). The topological polar surface area (TPSA) is 68.2 Å². The lowest BCUT2D eigenvalue weighted by atomic mass is 10.2. The van der Waals surface area contributed by atoms with Crippen molar-refractivity contribution in [3.05, 3.63) is 48.0 Å². The fourth-order valence-electron chi connectivity index (χ4n) is 2.80. The van der Waals surface area contributed by atoms with E-state index >= 15 is 0 Å². The molecule has 0 aliphatic heterocycles. The molecular weight excluding hydrogens is 377 g/mol. The van der Waals surface area contributed by atoms with Crippen molar-refractivity contribution >= 4 is 18.4 Å². The van der Waals surface area contributed by atoms with Gasteiger partial charge in [-0.3, -0.25) is 4.57 Å². The Kier molecular flexibility index (Phi) is 7.93. The number of rotatable bonds is 10. The number of hydrogen-bond donors (Lipinski definition) is 1. The molecular formula is C21H30NO5P. The third kappa shape index (κ3) is 4.88. The van der Waals surface area contributed by atoms with Gasteiger partial charge in [-0.2, -0.15) is 0 Å². The molecule has 0 aliphatic carbocycles. The molecule has 2 aromatic rings. The molecule has 0 heterocycles. The van der Waals surface area contributed by atoms with Gasteiger partial charge in [0.15, 0.2) is 17.3 Å². The van der Waals surface area contributed by atoms with Gasteiger partial charge in [0, 0.05) is 25.1 Å². The van der Waals surface area contributed by atoms with Crippen LogP contribution in [-0.2, 0) is 9.09 Å². The molecule has 0 fully saturated rings. The van der Waals surface area contributed by atoms with E-state index in [1.165, 1.54) is 7.11 Å². The average Bonchev–Trinajstić information content (AvgIpc) is 2.72. The predicted molar refractivity (Wildman–Crippen MR) is 113 cm³/mol. The summed E-state index contributed by atoms with van der Waals surface area (Å²) in [6.45, 7) is 2.35. The van der Waals surface area contributed by atoms with Crippen LogP contribution < -0.4 is 19.7 Å². The Morgan fingerprint density at radius 2 is 1.68 bits per heavy atom. The molecule has 0 aromatic heterocycles. The summed E-state index contributed by atoms with van der Waals surface area (Å²) in [6.07, 6.45) is 1.67. The fourth-order valence-corrected chi connectivity index (χ4v) is 4.89. The molecule has 2 atom stereocenters. The second-order valence-electron chi connectivity index (χ2n) is 6.68. The minimum absolute atomic E-state index is 0.313. The first-order valence-electron chi connectivity index (χ1n) is 9.29. The van der Waals surface area contributed by atoms with E-state index < -0.39 is 13.2 Å². The van der Waals surface area contributed by atoms with Gasteiger partial charge in [-0.05, 0) is 48.4 Å². The highest BCUT2D eigenvalue weighted by atomic mass is 31.2. The highest BCUT2D eigenvalue weighted by molar-refractivity contribution is 7.67. The van der Waals surface area contributed by atoms with Gasteiger partial charge in [-0.15, -0.1) is 0 Å². The van der Waals surface area contributed by atoms with Gasteiger partial charge < -0.3 is 24.0 Å². The molecule has 0 spiro atoms. The Morgan fingerprint density at radius 3 is 2.21 bits per heavy atom. The number of aliphatic hydroxyl groups excluding tert-OH is 1. The van der Waals surface area contributed by atoms with Crippen LogP contribution in [0.15, 0.2) is 42.5 Å². The lowest BCUT2D eigenvalue weighted by Crippen LogP contribution is -2.16. The van der Waals surface area contributed by atoms with Gasteiger partial charge >= 0.3 is 0 Å². The van der Waals surface area contributed by atoms with Crippen molar-refractivity contribution in [2.45, 2.75) is 25.6 Å². The Hall–Kier alpha value is -2.01. The number of unbranched alkanes of at least 4 members (excludes halogenated alkanes) is 1. The van der Waals surface area contributed by atoms with Crippen LogP contribution >= 0.6 is 7.37 Å². The van der Waals surface area contributed by atoms with Gasteiger partial charge in [-0.25, -0.2) is 0 Å². The molecule has 28 heavy (non-hydrogen) atoms. The van der Waals surface area contributed by atoms with Crippen molar-refractivity contribution in [3.63, 3.8) is 0 Å². The van der Waals surface area contributed by atoms with Crippen LogP contribution in [0.3, 0.4) is 0 Å². The summed E-state index contributed by atoms with van der Waals surface area (Å²) < 4.78 is 30.2. The minimum atomic E-state index is -3.58. The Balaban J connectivity index is 2.44. The molecule has 0 amide bonds. The monoisotopic (exact) mass is 407 g/mol. The van der Waals surface area contributed by atoms with Crippen molar-refractivity contribution in [3.8, 4) is 11.5 Å². The van der Waals surface area contributed by atoms with Crippen molar-refractivity contribution in [2.75, 3.05) is 39.8 Å². The van der Waals surface area contributed by atoms with Crippen molar-refractivity contribution in [1.82, 2.24) is 0 Å². The molecule has 0 aliphatic rings. The maximum absolute atomic E-state index is 13.9. The third-order valence-electron chi connectivity index (χ3n) is 4.53. The summed E-state index contributed by atoms with van der Waals surface area (Å²) in [5, 5.41) is 11.5. The van der Waals surface area contributed by atoms with Crippen molar-refractivity contribution in [2.24, 2.45) is 0 Å². The van der Waals surface area contributed by atoms with E-state index in [1.807, 2.05) is 38.1 Å². The van der Waals surface area contributed by atoms with Crippen LogP contribution in [0.4, 0.5) is 5.69 Å². The van der Waals surface area contributed by atoms with Crippen LogP contribution in [-0.4, -0.2) is 40.0 Å². The fraction of sp³-hybridized carbons (Fsp3) is 0.429. The second-order valence-corrected chi connectivity index (χ2v) is 9.14. The van der Waals surface area contributed by atoms with E-state index in [2.05, 4.69) is 0 Å². The van der Waals surface area contributed by atoms with E-state index in [9.17, 15) is 9.67 Å². The first kappa shape index (κ1) is 22.3. The Morgan fingerprint density at radius 1 is 1.04 bits per heavy atom. The van der Waals surface area contributed by atoms with Gasteiger partial charge in [0.25, 0.3) is 7.37 Å². The number of aliphatic hydroxyl groups is 1. The van der Waals surface area contributed by atoms with E-state index in [1.54, 1.807) is 37.4 Å². The average molecular weight is 407 g/mol.